The van der Waals surface area contributed by atoms with Crippen LogP contribution in [0.3, 0.4) is 0 Å². The Morgan fingerprint density at radius 1 is 1.37 bits per heavy atom. The minimum absolute atomic E-state index is 0.155. The highest BCUT2D eigenvalue weighted by molar-refractivity contribution is 9.10. The van der Waals surface area contributed by atoms with E-state index in [1.807, 2.05) is 33.2 Å². The molecule has 0 N–H and O–H groups in total. The number of carbonyl (C=O) groups excluding carboxylic acids is 1. The third-order valence-corrected chi connectivity index (χ3v) is 4.04. The van der Waals surface area contributed by atoms with Crippen LogP contribution in [0.4, 0.5) is 0 Å². The molecule has 1 unspecified atom stereocenters. The van der Waals surface area contributed by atoms with E-state index in [2.05, 4.69) is 39.9 Å². The van der Waals surface area contributed by atoms with Crippen LogP contribution >= 0.6 is 15.9 Å². The number of halogens is 1. The molecule has 19 heavy (non-hydrogen) atoms. The summed E-state index contributed by atoms with van der Waals surface area (Å²) in [4.78, 5) is 14.0. The first-order valence-electron chi connectivity index (χ1n) is 6.55. The molecule has 1 aromatic carbocycles. The summed E-state index contributed by atoms with van der Waals surface area (Å²) in [5.41, 5.74) is 0.804. The topological polar surface area (TPSA) is 29.5 Å². The van der Waals surface area contributed by atoms with Gasteiger partial charge in [0.15, 0.2) is 0 Å². The monoisotopic (exact) mass is 327 g/mol. The first kappa shape index (κ1) is 16.2. The van der Waals surface area contributed by atoms with E-state index in [0.29, 0.717) is 13.0 Å². The number of ether oxygens (including phenoxy) is 1. The lowest BCUT2D eigenvalue weighted by atomic mass is 9.83. The summed E-state index contributed by atoms with van der Waals surface area (Å²) in [6.07, 6.45) is 1.20. The van der Waals surface area contributed by atoms with Crippen molar-refractivity contribution in [3.63, 3.8) is 0 Å². The Morgan fingerprint density at radius 2 is 2.05 bits per heavy atom. The van der Waals surface area contributed by atoms with Gasteiger partial charge in [0, 0.05) is 4.47 Å². The average molecular weight is 328 g/mol. The molecule has 0 fully saturated rings. The van der Waals surface area contributed by atoms with Crippen LogP contribution in [0, 0.1) is 0 Å². The Morgan fingerprint density at radius 3 is 2.53 bits per heavy atom. The van der Waals surface area contributed by atoms with E-state index in [0.717, 1.165) is 16.5 Å². The van der Waals surface area contributed by atoms with Crippen molar-refractivity contribution in [2.75, 3.05) is 20.7 Å². The third-order valence-electron chi connectivity index (χ3n) is 3.55. The second-order valence-corrected chi connectivity index (χ2v) is 5.69. The number of carbonyl (C=O) groups is 1. The number of hydrogen-bond donors (Lipinski definition) is 0. The molecule has 4 heteroatoms. The Kier molecular flexibility index (Phi) is 6.01. The van der Waals surface area contributed by atoms with Gasteiger partial charge >= 0.3 is 5.97 Å². The smallest absolute Gasteiger partial charge is 0.308 e. The number of benzene rings is 1. The van der Waals surface area contributed by atoms with E-state index >= 15 is 0 Å². The molecule has 0 saturated heterocycles. The maximum absolute atomic E-state index is 11.9. The van der Waals surface area contributed by atoms with Crippen LogP contribution in [0.5, 0.6) is 0 Å². The van der Waals surface area contributed by atoms with Crippen molar-refractivity contribution in [3.8, 4) is 0 Å². The zero-order valence-electron chi connectivity index (χ0n) is 12.1. The highest BCUT2D eigenvalue weighted by atomic mass is 79.9. The standard InChI is InChI=1S/C15H22BrNO2/c1-5-15(17(3)4,11-14(18)19-6-2)12-8-7-9-13(16)10-12/h7-10H,5-6,11H2,1-4H3. The SMILES string of the molecule is CCOC(=O)CC(CC)(c1cccc(Br)c1)N(C)C. The maximum atomic E-state index is 11.9. The van der Waals surface area contributed by atoms with Crippen LogP contribution in [-0.2, 0) is 15.1 Å². The van der Waals surface area contributed by atoms with Crippen molar-refractivity contribution in [2.24, 2.45) is 0 Å². The fourth-order valence-corrected chi connectivity index (χ4v) is 2.79. The van der Waals surface area contributed by atoms with E-state index < -0.39 is 0 Å². The van der Waals surface area contributed by atoms with Gasteiger partial charge in [0.1, 0.15) is 0 Å². The molecular formula is C15H22BrNO2. The summed E-state index contributed by atoms with van der Waals surface area (Å²) in [6.45, 7) is 4.35. The van der Waals surface area contributed by atoms with Gasteiger partial charge in [0.25, 0.3) is 0 Å². The first-order valence-corrected chi connectivity index (χ1v) is 7.34. The predicted octanol–water partition coefficient (Wildman–Crippen LogP) is 3.57. The Labute approximate surface area is 124 Å². The molecule has 0 aliphatic heterocycles. The highest BCUT2D eigenvalue weighted by Crippen LogP contribution is 2.35. The lowest BCUT2D eigenvalue weighted by Crippen LogP contribution is -2.43. The van der Waals surface area contributed by atoms with Crippen molar-refractivity contribution in [1.82, 2.24) is 4.90 Å². The second kappa shape index (κ2) is 7.06. The van der Waals surface area contributed by atoms with Crippen LogP contribution in [0.2, 0.25) is 0 Å². The molecule has 106 valence electrons. The Hall–Kier alpha value is -0.870. The lowest BCUT2D eigenvalue weighted by molar-refractivity contribution is -0.146. The number of rotatable bonds is 6. The minimum atomic E-state index is -0.323. The molecule has 0 aromatic heterocycles. The number of esters is 1. The molecule has 0 amide bonds. The molecule has 1 atom stereocenters. The molecule has 1 rings (SSSR count). The molecule has 0 spiro atoms. The van der Waals surface area contributed by atoms with Crippen molar-refractivity contribution < 1.29 is 9.53 Å². The van der Waals surface area contributed by atoms with Crippen LogP contribution < -0.4 is 0 Å². The van der Waals surface area contributed by atoms with Gasteiger partial charge in [-0.15, -0.1) is 0 Å². The lowest BCUT2D eigenvalue weighted by Gasteiger charge is -2.39. The van der Waals surface area contributed by atoms with Gasteiger partial charge in [-0.1, -0.05) is 35.0 Å². The summed E-state index contributed by atoms with van der Waals surface area (Å²) >= 11 is 3.50. The van der Waals surface area contributed by atoms with Gasteiger partial charge < -0.3 is 4.74 Å². The summed E-state index contributed by atoms with van der Waals surface area (Å²) in [6, 6.07) is 8.12. The number of nitrogens with zero attached hydrogens (tertiary/aromatic N) is 1. The number of hydrogen-bond acceptors (Lipinski definition) is 3. The summed E-state index contributed by atoms with van der Waals surface area (Å²) in [7, 11) is 4.01. The van der Waals surface area contributed by atoms with Gasteiger partial charge in [-0.25, -0.2) is 0 Å². The second-order valence-electron chi connectivity index (χ2n) is 4.77. The summed E-state index contributed by atoms with van der Waals surface area (Å²) < 4.78 is 6.15. The molecule has 0 heterocycles. The van der Waals surface area contributed by atoms with Crippen molar-refractivity contribution >= 4 is 21.9 Å². The van der Waals surface area contributed by atoms with E-state index in [-0.39, 0.29) is 11.5 Å². The highest BCUT2D eigenvalue weighted by Gasteiger charge is 2.36. The molecule has 0 bridgehead atoms. The largest absolute Gasteiger partial charge is 0.466 e. The molecular weight excluding hydrogens is 306 g/mol. The minimum Gasteiger partial charge on any atom is -0.466 e. The summed E-state index contributed by atoms with van der Waals surface area (Å²) in [5, 5.41) is 0. The fourth-order valence-electron chi connectivity index (χ4n) is 2.39. The van der Waals surface area contributed by atoms with E-state index in [1.165, 1.54) is 0 Å². The first-order chi connectivity index (χ1) is 8.96. The van der Waals surface area contributed by atoms with Gasteiger partial charge in [0.2, 0.25) is 0 Å². The molecule has 0 saturated carbocycles. The fraction of sp³-hybridized carbons (Fsp3) is 0.533. The quantitative estimate of drug-likeness (QED) is 0.748. The van der Waals surface area contributed by atoms with Crippen molar-refractivity contribution in [1.29, 1.82) is 0 Å². The zero-order chi connectivity index (χ0) is 14.5. The normalized spacial score (nSPS) is 14.2. The maximum Gasteiger partial charge on any atom is 0.308 e. The van der Waals surface area contributed by atoms with Crippen LogP contribution in [0.15, 0.2) is 28.7 Å². The van der Waals surface area contributed by atoms with Crippen LogP contribution in [0.1, 0.15) is 32.3 Å². The summed E-state index contributed by atoms with van der Waals surface area (Å²) in [5.74, 6) is -0.155. The van der Waals surface area contributed by atoms with Gasteiger partial charge in [-0.3, -0.25) is 9.69 Å². The van der Waals surface area contributed by atoms with Crippen LogP contribution in [0.25, 0.3) is 0 Å². The zero-order valence-corrected chi connectivity index (χ0v) is 13.7. The van der Waals surface area contributed by atoms with Gasteiger partial charge in [0.05, 0.1) is 18.6 Å². The molecule has 0 aliphatic carbocycles. The van der Waals surface area contributed by atoms with Gasteiger partial charge in [-0.2, -0.15) is 0 Å². The predicted molar refractivity (Wildman–Crippen MR) is 81.0 cm³/mol. The van der Waals surface area contributed by atoms with E-state index in [1.54, 1.807) is 0 Å². The molecule has 3 nitrogen and oxygen atoms in total. The van der Waals surface area contributed by atoms with Crippen LogP contribution in [-0.4, -0.2) is 31.6 Å². The average Bonchev–Trinajstić information content (AvgIpc) is 2.36. The van der Waals surface area contributed by atoms with E-state index in [4.69, 9.17) is 4.74 Å². The van der Waals surface area contributed by atoms with E-state index in [9.17, 15) is 4.79 Å². The molecule has 1 aromatic rings. The Balaban J connectivity index is 3.15. The Bertz CT molecular complexity index is 434. The van der Waals surface area contributed by atoms with Gasteiger partial charge in [-0.05, 0) is 45.1 Å². The molecule has 0 aliphatic rings. The van der Waals surface area contributed by atoms with Crippen molar-refractivity contribution in [3.05, 3.63) is 34.3 Å². The third kappa shape index (κ3) is 3.80. The van der Waals surface area contributed by atoms with Crippen molar-refractivity contribution in [2.45, 2.75) is 32.2 Å². The molecule has 0 radical (unpaired) electrons.